The Morgan fingerprint density at radius 2 is 1.17 bits per heavy atom. The van der Waals surface area contributed by atoms with Gasteiger partial charge < -0.3 is 19.5 Å². The molecule has 152 valence electrons. The lowest BCUT2D eigenvalue weighted by Gasteiger charge is -2.32. The van der Waals surface area contributed by atoms with E-state index in [1.807, 2.05) is 24.3 Å². The first kappa shape index (κ1) is 18.4. The average Bonchev–Trinajstić information content (AvgIpc) is 3.39. The molecule has 0 saturated heterocycles. The molecule has 2 aromatic heterocycles. The number of nitrogens with zero attached hydrogens (tertiary/aromatic N) is 2. The van der Waals surface area contributed by atoms with Crippen molar-refractivity contribution in [2.45, 2.75) is 37.8 Å². The van der Waals surface area contributed by atoms with Crippen LogP contribution >= 0.6 is 0 Å². The zero-order chi connectivity index (χ0) is 20.5. The van der Waals surface area contributed by atoms with Gasteiger partial charge in [-0.15, -0.1) is 0 Å². The molecule has 8 nitrogen and oxygen atoms in total. The van der Waals surface area contributed by atoms with Gasteiger partial charge in [0.05, 0.1) is 0 Å². The summed E-state index contributed by atoms with van der Waals surface area (Å²) < 4.78 is 11.1. The number of carbonyl (C=O) groups is 2. The van der Waals surface area contributed by atoms with Gasteiger partial charge in [-0.1, -0.05) is 37.1 Å². The third-order valence-electron chi connectivity index (χ3n) is 5.38. The molecular formula is C22H20N4O4. The van der Waals surface area contributed by atoms with Crippen LogP contribution in [0.1, 0.15) is 47.1 Å². The van der Waals surface area contributed by atoms with Gasteiger partial charge in [0.15, 0.2) is 11.2 Å². The van der Waals surface area contributed by atoms with Crippen molar-refractivity contribution in [3.8, 4) is 0 Å². The molecular weight excluding hydrogens is 384 g/mol. The minimum Gasteiger partial charge on any atom is -0.432 e. The standard InChI is InChI=1S/C22H20N4O4/c27-19(21-25-15-9-3-5-11-17(15)29-21)23-13-7-1-2-8-14(13)24-20(28)22-26-16-10-4-6-12-18(16)30-22/h3-6,9-14H,1-2,7-8H2,(H,23,27)(H,24,28). The van der Waals surface area contributed by atoms with Gasteiger partial charge in [-0.05, 0) is 37.1 Å². The van der Waals surface area contributed by atoms with E-state index in [0.29, 0.717) is 22.2 Å². The first-order valence-electron chi connectivity index (χ1n) is 10.0. The van der Waals surface area contributed by atoms with Crippen LogP contribution in [0.25, 0.3) is 22.2 Å². The minimum atomic E-state index is -0.390. The first-order chi connectivity index (χ1) is 14.7. The largest absolute Gasteiger partial charge is 0.432 e. The maximum atomic E-state index is 12.7. The predicted octanol–water partition coefficient (Wildman–Crippen LogP) is 3.44. The lowest BCUT2D eigenvalue weighted by molar-refractivity contribution is 0.0829. The predicted molar refractivity (Wildman–Crippen MR) is 109 cm³/mol. The second-order valence-corrected chi connectivity index (χ2v) is 7.42. The molecule has 2 heterocycles. The molecule has 2 N–H and O–H groups in total. The van der Waals surface area contributed by atoms with Crippen molar-refractivity contribution in [2.75, 3.05) is 0 Å². The van der Waals surface area contributed by atoms with Crippen LogP contribution in [0.5, 0.6) is 0 Å². The van der Waals surface area contributed by atoms with E-state index >= 15 is 0 Å². The van der Waals surface area contributed by atoms with Crippen LogP contribution in [0.15, 0.2) is 57.4 Å². The van der Waals surface area contributed by atoms with Crippen molar-refractivity contribution in [3.05, 3.63) is 60.3 Å². The Kier molecular flexibility index (Phi) is 4.66. The monoisotopic (exact) mass is 404 g/mol. The number of oxazole rings is 2. The second-order valence-electron chi connectivity index (χ2n) is 7.42. The fourth-order valence-electron chi connectivity index (χ4n) is 3.88. The van der Waals surface area contributed by atoms with Crippen LogP contribution in [-0.4, -0.2) is 33.9 Å². The van der Waals surface area contributed by atoms with Gasteiger partial charge in [0.1, 0.15) is 11.0 Å². The quantitative estimate of drug-likeness (QED) is 0.539. The number of para-hydroxylation sites is 4. The number of nitrogens with one attached hydrogen (secondary N) is 2. The molecule has 1 aliphatic carbocycles. The summed E-state index contributed by atoms with van der Waals surface area (Å²) in [4.78, 5) is 33.9. The van der Waals surface area contributed by atoms with Gasteiger partial charge in [0, 0.05) is 12.1 Å². The number of fused-ring (bicyclic) bond motifs is 2. The van der Waals surface area contributed by atoms with Gasteiger partial charge in [0.25, 0.3) is 11.8 Å². The molecule has 2 amide bonds. The molecule has 2 unspecified atom stereocenters. The Hall–Kier alpha value is -3.68. The lowest BCUT2D eigenvalue weighted by atomic mass is 9.90. The second kappa shape index (κ2) is 7.62. The summed E-state index contributed by atoms with van der Waals surface area (Å²) in [5, 5.41) is 5.94. The summed E-state index contributed by atoms with van der Waals surface area (Å²) in [5.74, 6) is -0.741. The van der Waals surface area contributed by atoms with E-state index in [4.69, 9.17) is 8.83 Å². The average molecular weight is 404 g/mol. The summed E-state index contributed by atoms with van der Waals surface area (Å²) in [6.45, 7) is 0. The van der Waals surface area contributed by atoms with Crippen LogP contribution < -0.4 is 10.6 Å². The Morgan fingerprint density at radius 1 is 0.733 bits per heavy atom. The fraction of sp³-hybridized carbons (Fsp3) is 0.273. The molecule has 2 aromatic carbocycles. The van der Waals surface area contributed by atoms with E-state index < -0.39 is 0 Å². The van der Waals surface area contributed by atoms with Gasteiger partial charge in [-0.25, -0.2) is 9.97 Å². The van der Waals surface area contributed by atoms with E-state index in [1.165, 1.54) is 0 Å². The summed E-state index contributed by atoms with van der Waals surface area (Å²) in [6, 6.07) is 14.0. The molecule has 0 bridgehead atoms. The lowest BCUT2D eigenvalue weighted by Crippen LogP contribution is -2.53. The van der Waals surface area contributed by atoms with Crippen LogP contribution in [0.4, 0.5) is 0 Å². The van der Waals surface area contributed by atoms with E-state index in [9.17, 15) is 9.59 Å². The highest BCUT2D eigenvalue weighted by atomic mass is 16.4. The third-order valence-corrected chi connectivity index (χ3v) is 5.38. The van der Waals surface area contributed by atoms with E-state index in [-0.39, 0.29) is 35.7 Å². The molecule has 2 atom stereocenters. The Labute approximate surface area is 171 Å². The number of hydrogen-bond donors (Lipinski definition) is 2. The fourth-order valence-corrected chi connectivity index (χ4v) is 3.88. The van der Waals surface area contributed by atoms with Crippen LogP contribution in [-0.2, 0) is 0 Å². The van der Waals surface area contributed by atoms with Gasteiger partial charge in [0.2, 0.25) is 0 Å². The van der Waals surface area contributed by atoms with Crippen LogP contribution in [0.3, 0.4) is 0 Å². The summed E-state index contributed by atoms with van der Waals surface area (Å²) >= 11 is 0. The minimum absolute atomic E-state index is 0.0193. The summed E-state index contributed by atoms with van der Waals surface area (Å²) in [6.07, 6.45) is 3.44. The van der Waals surface area contributed by atoms with Crippen molar-refractivity contribution in [1.82, 2.24) is 20.6 Å². The number of rotatable bonds is 4. The first-order valence-corrected chi connectivity index (χ1v) is 10.0. The smallest absolute Gasteiger partial charge is 0.307 e. The maximum Gasteiger partial charge on any atom is 0.307 e. The maximum absolute atomic E-state index is 12.7. The Morgan fingerprint density at radius 3 is 1.60 bits per heavy atom. The highest BCUT2D eigenvalue weighted by Crippen LogP contribution is 2.21. The van der Waals surface area contributed by atoms with E-state index in [0.717, 1.165) is 25.7 Å². The normalized spacial score (nSPS) is 19.1. The number of carbonyl (C=O) groups excluding carboxylic acids is 2. The van der Waals surface area contributed by atoms with Crippen molar-refractivity contribution < 1.29 is 18.4 Å². The Bertz CT molecular complexity index is 1070. The molecule has 0 aliphatic heterocycles. The number of hydrogen-bond acceptors (Lipinski definition) is 6. The molecule has 0 spiro atoms. The third kappa shape index (κ3) is 3.52. The van der Waals surface area contributed by atoms with Gasteiger partial charge in [-0.2, -0.15) is 0 Å². The van der Waals surface area contributed by atoms with Crippen molar-refractivity contribution in [1.29, 1.82) is 0 Å². The summed E-state index contributed by atoms with van der Waals surface area (Å²) in [7, 11) is 0. The molecule has 8 heteroatoms. The van der Waals surface area contributed by atoms with Crippen molar-refractivity contribution in [3.63, 3.8) is 0 Å². The van der Waals surface area contributed by atoms with Crippen molar-refractivity contribution in [2.24, 2.45) is 0 Å². The highest BCUT2D eigenvalue weighted by Gasteiger charge is 2.30. The van der Waals surface area contributed by atoms with Gasteiger partial charge >= 0.3 is 11.8 Å². The topological polar surface area (TPSA) is 110 Å². The Balaban J connectivity index is 1.30. The number of amides is 2. The van der Waals surface area contributed by atoms with E-state index in [2.05, 4.69) is 20.6 Å². The molecule has 5 rings (SSSR count). The van der Waals surface area contributed by atoms with E-state index in [1.54, 1.807) is 24.3 Å². The molecule has 1 saturated carbocycles. The molecule has 4 aromatic rings. The molecule has 0 radical (unpaired) electrons. The molecule has 1 fully saturated rings. The number of benzene rings is 2. The van der Waals surface area contributed by atoms with Crippen molar-refractivity contribution >= 4 is 34.0 Å². The van der Waals surface area contributed by atoms with Crippen LogP contribution in [0, 0.1) is 0 Å². The number of aromatic nitrogens is 2. The van der Waals surface area contributed by atoms with Gasteiger partial charge in [-0.3, -0.25) is 9.59 Å². The zero-order valence-corrected chi connectivity index (χ0v) is 16.1. The SMILES string of the molecule is O=C(NC1CCCCC1NC(=O)c1nc2ccccc2o1)c1nc2ccccc2o1. The highest BCUT2D eigenvalue weighted by molar-refractivity contribution is 5.94. The molecule has 30 heavy (non-hydrogen) atoms. The molecule has 1 aliphatic rings. The van der Waals surface area contributed by atoms with Crippen LogP contribution in [0.2, 0.25) is 0 Å². The summed E-state index contributed by atoms with van der Waals surface area (Å²) in [5.41, 5.74) is 2.39. The zero-order valence-electron chi connectivity index (χ0n) is 16.1.